The molecule has 11 N–H and O–H groups in total. The van der Waals surface area contributed by atoms with Crippen LogP contribution in [0.2, 0.25) is 0 Å². The quantitative estimate of drug-likeness (QED) is 0.0144. The van der Waals surface area contributed by atoms with Crippen molar-refractivity contribution in [1.82, 2.24) is 21.3 Å². The number of amides is 4. The summed E-state index contributed by atoms with van der Waals surface area (Å²) >= 11 is 6.10. The average Bonchev–Trinajstić information content (AvgIpc) is 0.814. The van der Waals surface area contributed by atoms with E-state index >= 15 is 0 Å². The summed E-state index contributed by atoms with van der Waals surface area (Å²) < 4.78 is 62.5. The Labute approximate surface area is 865 Å². The summed E-state index contributed by atoms with van der Waals surface area (Å²) in [5.74, 6) is -0.250. The van der Waals surface area contributed by atoms with Gasteiger partial charge in [0.25, 0.3) is 0 Å². The SMILES string of the molecule is CCCCCCCCCCCCCC[C@@H](O)[C@@H](O)[C@H](CO[C@H]1OC(CO)[C@H](O)[C@H](O)C1O)NC(=O)CCCCCCCCCCCNC(=O)CCCCBr.CCCCCCCCCCCCCC[C@@H](OCc1ccccc1)[C@@H](OCc1ccccc1)[C@H](CO[C@H]1OC(COCc2ccccc2)[C@H](C)[C@H](C)C1C)NC(=O)CCCCCCCCCCCNC(=O)OCc1ccccc1.O=C(O)CBr.[2H]C.[3H]CC. The second kappa shape index (κ2) is 88.7. The lowest BCUT2D eigenvalue weighted by molar-refractivity contribution is -0.303. The molecule has 6 rings (SSSR count). The maximum Gasteiger partial charge on any atom is 0.407 e. The molecule has 0 aromatic heterocycles. The van der Waals surface area contributed by atoms with Crippen molar-refractivity contribution in [3.05, 3.63) is 144 Å². The summed E-state index contributed by atoms with van der Waals surface area (Å²) in [6.45, 7) is 16.3. The van der Waals surface area contributed by atoms with Crippen LogP contribution < -0.4 is 21.3 Å². The number of aliphatic hydroxyl groups excluding tert-OH is 6. The van der Waals surface area contributed by atoms with Gasteiger partial charge in [-0.3, -0.25) is 19.2 Å². The second-order valence-electron chi connectivity index (χ2n) is 38.2. The summed E-state index contributed by atoms with van der Waals surface area (Å²) in [7, 11) is 1.25. The molecule has 0 radical (unpaired) electrons. The number of ether oxygens (including phenoxy) is 8. The largest absolute Gasteiger partial charge is 0.481 e. The Morgan fingerprint density at radius 1 is 0.436 bits per heavy atom. The summed E-state index contributed by atoms with van der Waals surface area (Å²) in [6, 6.07) is 39.2. The number of rotatable bonds is 80. The van der Waals surface area contributed by atoms with E-state index in [4.69, 9.17) is 45.7 Å². The Hall–Kier alpha value is -5.53. The molecule has 24 nitrogen and oxygen atoms in total. The standard InChI is InChI=1S/C68H102N2O8.C41H79BrN2O10.C2H3BrO2.C2H6.CH4/c1-5-6-7-8-9-10-11-12-14-17-20-35-46-63(74-50-59-40-29-24-30-41-59)66(75-51-60-42-31-25-32-43-60)62(53-76-67-57(4)55(2)56(3)64(78-67)54-73-49-58-38-27-23-28-39-58)70-65(71)47-36-21-18-15-13-16-19-22-37-48-69-68(72)77-52-61-44-33-26-34-45-61;1-2-3-4-5-6-7-8-9-11-14-17-20-25-33(46)37(49)32(31-53-41-40(52)39(51)38(50)34(30-45)54-41)44-36(48)27-21-18-15-12-10-13-16-19-24-29-43-35(47)26-22-23-28-42;3-1-2(4)5;1-2;/h23-34,38-45,55-57,62-64,66-67H,5-22,35-37,46-54H2,1-4H3,(H,69,72)(H,70,71);32-34,37-41,45-46,49-52H,2-31H2,1H3,(H,43,47)(H,44,48);1H2,(H,4,5);1-2H3;1H4/t55-,56+,57?,62-,63+,64?,66-,67-;32-,33+,34?,37-,38-,39-,40?,41-;;;/m00.../s1/i;;;1T;1D. The molecule has 2 fully saturated rings. The lowest BCUT2D eigenvalue weighted by atomic mass is 9.79. The highest BCUT2D eigenvalue weighted by Gasteiger charge is 2.46. The molecule has 140 heavy (non-hydrogen) atoms. The predicted octanol–water partition coefficient (Wildman–Crippen LogP) is 24.2. The van der Waals surface area contributed by atoms with Crippen molar-refractivity contribution in [2.45, 2.75) is 476 Å². The molecule has 804 valence electrons. The molecule has 4 amide bonds. The third-order valence-electron chi connectivity index (χ3n) is 26.5. The van der Waals surface area contributed by atoms with Gasteiger partial charge in [-0.05, 0) is 85.5 Å². The zero-order valence-corrected chi connectivity index (χ0v) is 90.5. The van der Waals surface area contributed by atoms with Gasteiger partial charge >= 0.3 is 12.1 Å². The summed E-state index contributed by atoms with van der Waals surface area (Å²) in [6.07, 6.45) is 41.1. The Morgan fingerprint density at radius 3 is 1.24 bits per heavy atom. The van der Waals surface area contributed by atoms with Crippen molar-refractivity contribution in [3.63, 3.8) is 0 Å². The molecule has 2 saturated heterocycles. The van der Waals surface area contributed by atoms with Crippen molar-refractivity contribution in [2.75, 3.05) is 50.2 Å². The molecule has 4 aromatic rings. The molecule has 0 spiro atoms. The van der Waals surface area contributed by atoms with E-state index in [2.05, 4.69) is 136 Å². The van der Waals surface area contributed by atoms with Crippen LogP contribution >= 0.6 is 31.9 Å². The van der Waals surface area contributed by atoms with Crippen LogP contribution in [0.25, 0.3) is 0 Å². The molecular weight excluding hydrogens is 1910 g/mol. The Morgan fingerprint density at radius 2 is 0.800 bits per heavy atom. The maximum atomic E-state index is 14.3. The van der Waals surface area contributed by atoms with Gasteiger partial charge in [0.15, 0.2) is 12.6 Å². The number of halogens is 2. The van der Waals surface area contributed by atoms with Crippen molar-refractivity contribution in [2.24, 2.45) is 17.8 Å². The number of alkyl carbamates (subject to hydrolysis) is 1. The monoisotopic (exact) mass is 2100 g/mol. The van der Waals surface area contributed by atoms with Crippen molar-refractivity contribution < 1.29 is 100 Å². The van der Waals surface area contributed by atoms with E-state index in [1.165, 1.54) is 136 Å². The molecule has 26 heteroatoms. The van der Waals surface area contributed by atoms with Gasteiger partial charge in [0.1, 0.15) is 48.6 Å². The summed E-state index contributed by atoms with van der Waals surface area (Å²) in [5, 5.41) is 83.0. The normalized spacial score (nSPS) is 19.2. The molecule has 0 bridgehead atoms. The molecule has 2 heterocycles. The number of nitrogens with one attached hydrogen (secondary N) is 4. The number of hydrogen-bond donors (Lipinski definition) is 11. The van der Waals surface area contributed by atoms with E-state index in [-0.39, 0.29) is 79.4 Å². The van der Waals surface area contributed by atoms with E-state index in [1.54, 1.807) is 6.92 Å². The number of benzene rings is 4. The van der Waals surface area contributed by atoms with Crippen molar-refractivity contribution >= 4 is 61.6 Å². The molecule has 2 aliphatic rings. The van der Waals surface area contributed by atoms with Gasteiger partial charge in [-0.25, -0.2) is 4.79 Å². The number of carbonyl (C=O) groups is 5. The van der Waals surface area contributed by atoms with Gasteiger partial charge in [-0.1, -0.05) is 453 Å². The topological polar surface area (TPSA) is 349 Å². The van der Waals surface area contributed by atoms with Gasteiger partial charge in [0.2, 0.25) is 17.7 Å². The zero-order chi connectivity index (χ0) is 104. The van der Waals surface area contributed by atoms with Crippen LogP contribution in [0, 0.1) is 17.8 Å². The zero-order valence-electron chi connectivity index (χ0n) is 89.3. The van der Waals surface area contributed by atoms with Crippen LogP contribution in [0.1, 0.15) is 395 Å². The first-order chi connectivity index (χ1) is 69.1. The lowest BCUT2D eigenvalue weighted by Crippen LogP contribution is -2.60. The van der Waals surface area contributed by atoms with E-state index in [0.717, 1.165) is 188 Å². The lowest BCUT2D eigenvalue weighted by Gasteiger charge is -2.44. The number of aliphatic hydroxyl groups is 6. The van der Waals surface area contributed by atoms with Gasteiger partial charge in [0.05, 0.1) is 76.6 Å². The number of alkyl halides is 2. The second-order valence-corrected chi connectivity index (χ2v) is 39.6. The minimum absolute atomic E-state index is 0.00781. The molecule has 2 aliphatic heterocycles. The molecule has 4 unspecified atom stereocenters. The molecule has 16 atom stereocenters. The number of hydrogen-bond acceptors (Lipinski definition) is 19. The van der Waals surface area contributed by atoms with Crippen molar-refractivity contribution in [3.8, 4) is 0 Å². The molecular formula is C114H194Br2N4O20. The van der Waals surface area contributed by atoms with Crippen LogP contribution in [-0.4, -0.2) is 195 Å². The minimum Gasteiger partial charge on any atom is -0.481 e. The van der Waals surface area contributed by atoms with Crippen LogP contribution in [0.15, 0.2) is 121 Å². The van der Waals surface area contributed by atoms with Gasteiger partial charge in [-0.15, -0.1) is 0 Å². The fraction of sp³-hybridized carbons (Fsp3) is 0.746. The Kier molecular flexibility index (Phi) is 80.3. The molecule has 4 aromatic carbocycles. The number of unbranched alkanes of at least 4 members (excludes halogenated alkanes) is 39. The van der Waals surface area contributed by atoms with E-state index < -0.39 is 80.0 Å². The number of carboxylic acid groups (broad SMARTS) is 1. The third-order valence-corrected chi connectivity index (χ3v) is 27.6. The first-order valence-electron chi connectivity index (χ1n) is 55.8. The maximum absolute atomic E-state index is 14.3. The average molecular weight is 2100 g/mol. The molecule has 0 aliphatic carbocycles. The Balaban J connectivity index is 0.000000927. The van der Waals surface area contributed by atoms with Crippen LogP contribution in [-0.2, 0) is 83.5 Å². The highest BCUT2D eigenvalue weighted by molar-refractivity contribution is 9.09. The highest BCUT2D eigenvalue weighted by atomic mass is 79.9. The summed E-state index contributed by atoms with van der Waals surface area (Å²) in [5.41, 5.74) is 4.29. The number of carboxylic acids is 1. The number of aliphatic carboxylic acids is 1. The fourth-order valence-electron chi connectivity index (χ4n) is 17.5. The van der Waals surface area contributed by atoms with Gasteiger partial charge in [0, 0.05) is 46.3 Å². The van der Waals surface area contributed by atoms with Crippen molar-refractivity contribution in [1.29, 1.82) is 0 Å². The minimum atomic E-state index is -1.62. The van der Waals surface area contributed by atoms with Crippen LogP contribution in [0.5, 0.6) is 0 Å². The van der Waals surface area contributed by atoms with E-state index in [1.807, 2.05) is 72.8 Å². The number of carbonyl (C=O) groups excluding carboxylic acids is 4. The first-order valence-corrected chi connectivity index (χ1v) is 56.3. The third kappa shape index (κ3) is 64.5. The Bertz CT molecular complexity index is 3550. The smallest absolute Gasteiger partial charge is 0.407 e. The predicted molar refractivity (Wildman–Crippen MR) is 572 cm³/mol. The van der Waals surface area contributed by atoms with Crippen LogP contribution in [0.3, 0.4) is 0 Å². The fourth-order valence-corrected chi connectivity index (χ4v) is 17.9. The first kappa shape index (κ1) is 127. The van der Waals surface area contributed by atoms with E-state index in [9.17, 15) is 54.6 Å². The van der Waals surface area contributed by atoms with E-state index in [0.29, 0.717) is 71.5 Å². The van der Waals surface area contributed by atoms with Gasteiger partial charge < -0.3 is 94.9 Å². The molecule has 0 saturated carbocycles. The highest BCUT2D eigenvalue weighted by Crippen LogP contribution is 2.37. The van der Waals surface area contributed by atoms with Crippen LogP contribution in [0.4, 0.5) is 4.79 Å². The van der Waals surface area contributed by atoms with Gasteiger partial charge in [-0.2, -0.15) is 0 Å². The summed E-state index contributed by atoms with van der Waals surface area (Å²) in [4.78, 5) is 60.4.